The van der Waals surface area contributed by atoms with Crippen molar-refractivity contribution in [2.24, 2.45) is 0 Å². The summed E-state index contributed by atoms with van der Waals surface area (Å²) in [6.07, 6.45) is 3.71. The zero-order valence-electron chi connectivity index (χ0n) is 9.81. The Morgan fingerprint density at radius 1 is 1.50 bits per heavy atom. The van der Waals surface area contributed by atoms with Crippen molar-refractivity contribution in [2.45, 2.75) is 13.0 Å². The Labute approximate surface area is 95.8 Å². The molecule has 0 bridgehead atoms. The summed E-state index contributed by atoms with van der Waals surface area (Å²) in [7, 11) is 1.73. The monoisotopic (exact) mass is 222 g/mol. The first-order chi connectivity index (χ1) is 7.79. The Hall–Kier alpha value is -1.20. The first-order valence-corrected chi connectivity index (χ1v) is 5.55. The first-order valence-electron chi connectivity index (χ1n) is 5.55. The SMILES string of the molecule is COCC1CN(c2ncc(C)cn2)CCN1. The van der Waals surface area contributed by atoms with E-state index >= 15 is 0 Å². The Morgan fingerprint density at radius 3 is 2.94 bits per heavy atom. The van der Waals surface area contributed by atoms with Gasteiger partial charge in [0.2, 0.25) is 5.95 Å². The molecule has 5 heteroatoms. The van der Waals surface area contributed by atoms with Crippen LogP contribution < -0.4 is 10.2 Å². The molecule has 0 saturated carbocycles. The number of methoxy groups -OCH3 is 1. The van der Waals surface area contributed by atoms with E-state index in [0.29, 0.717) is 6.04 Å². The summed E-state index contributed by atoms with van der Waals surface area (Å²) in [6, 6.07) is 0.364. The highest BCUT2D eigenvalue weighted by molar-refractivity contribution is 5.31. The molecule has 1 aliphatic rings. The van der Waals surface area contributed by atoms with Crippen LogP contribution in [0.2, 0.25) is 0 Å². The molecule has 0 aliphatic carbocycles. The summed E-state index contributed by atoms with van der Waals surface area (Å²) in [5.41, 5.74) is 1.09. The molecule has 1 aliphatic heterocycles. The molecule has 1 saturated heterocycles. The predicted molar refractivity (Wildman–Crippen MR) is 62.6 cm³/mol. The average molecular weight is 222 g/mol. The molecular weight excluding hydrogens is 204 g/mol. The van der Waals surface area contributed by atoms with Gasteiger partial charge in [0.25, 0.3) is 0 Å². The van der Waals surface area contributed by atoms with Crippen molar-refractivity contribution in [3.63, 3.8) is 0 Å². The summed E-state index contributed by atoms with van der Waals surface area (Å²) in [5, 5.41) is 3.41. The molecule has 1 atom stereocenters. The smallest absolute Gasteiger partial charge is 0.225 e. The lowest BCUT2D eigenvalue weighted by atomic mass is 10.2. The number of piperazine rings is 1. The number of nitrogens with one attached hydrogen (secondary N) is 1. The van der Waals surface area contributed by atoms with Crippen molar-refractivity contribution in [2.75, 3.05) is 38.3 Å². The minimum absolute atomic E-state index is 0.364. The zero-order valence-corrected chi connectivity index (χ0v) is 9.81. The maximum atomic E-state index is 5.15. The van der Waals surface area contributed by atoms with Crippen molar-refractivity contribution in [3.8, 4) is 0 Å². The van der Waals surface area contributed by atoms with Crippen LogP contribution in [0.15, 0.2) is 12.4 Å². The van der Waals surface area contributed by atoms with Crippen LogP contribution in [0.25, 0.3) is 0 Å². The van der Waals surface area contributed by atoms with Gasteiger partial charge in [0, 0.05) is 45.2 Å². The van der Waals surface area contributed by atoms with E-state index in [-0.39, 0.29) is 0 Å². The molecule has 0 radical (unpaired) electrons. The van der Waals surface area contributed by atoms with Crippen molar-refractivity contribution in [1.82, 2.24) is 15.3 Å². The number of aromatic nitrogens is 2. The molecule has 1 N–H and O–H groups in total. The fourth-order valence-corrected chi connectivity index (χ4v) is 1.87. The van der Waals surface area contributed by atoms with Crippen LogP contribution in [0.1, 0.15) is 5.56 Å². The van der Waals surface area contributed by atoms with Gasteiger partial charge in [-0.05, 0) is 12.5 Å². The van der Waals surface area contributed by atoms with E-state index in [1.807, 2.05) is 19.3 Å². The molecular formula is C11H18N4O. The van der Waals surface area contributed by atoms with Crippen LogP contribution in [-0.2, 0) is 4.74 Å². The van der Waals surface area contributed by atoms with Crippen LogP contribution >= 0.6 is 0 Å². The molecule has 1 unspecified atom stereocenters. The van der Waals surface area contributed by atoms with E-state index in [9.17, 15) is 0 Å². The van der Waals surface area contributed by atoms with Gasteiger partial charge in [-0.15, -0.1) is 0 Å². The molecule has 0 amide bonds. The van der Waals surface area contributed by atoms with Crippen LogP contribution in [0.3, 0.4) is 0 Å². The van der Waals surface area contributed by atoms with Crippen molar-refractivity contribution < 1.29 is 4.74 Å². The van der Waals surface area contributed by atoms with Crippen LogP contribution in [0.4, 0.5) is 5.95 Å². The average Bonchev–Trinajstić information content (AvgIpc) is 2.31. The fraction of sp³-hybridized carbons (Fsp3) is 0.636. The second-order valence-corrected chi connectivity index (χ2v) is 4.11. The van der Waals surface area contributed by atoms with Crippen molar-refractivity contribution in [3.05, 3.63) is 18.0 Å². The van der Waals surface area contributed by atoms with E-state index in [1.165, 1.54) is 0 Å². The highest BCUT2D eigenvalue weighted by Gasteiger charge is 2.20. The van der Waals surface area contributed by atoms with Gasteiger partial charge in [-0.25, -0.2) is 9.97 Å². The normalized spacial score (nSPS) is 21.1. The van der Waals surface area contributed by atoms with Gasteiger partial charge in [-0.2, -0.15) is 0 Å². The third-order valence-electron chi connectivity index (χ3n) is 2.67. The minimum Gasteiger partial charge on any atom is -0.383 e. The Balaban J connectivity index is 2.01. The summed E-state index contributed by atoms with van der Waals surface area (Å²) >= 11 is 0. The number of anilines is 1. The molecule has 2 heterocycles. The number of rotatable bonds is 3. The molecule has 5 nitrogen and oxygen atoms in total. The molecule has 16 heavy (non-hydrogen) atoms. The van der Waals surface area contributed by atoms with E-state index in [1.54, 1.807) is 7.11 Å². The number of hydrogen-bond acceptors (Lipinski definition) is 5. The lowest BCUT2D eigenvalue weighted by Gasteiger charge is -2.33. The van der Waals surface area contributed by atoms with Gasteiger partial charge in [0.1, 0.15) is 0 Å². The van der Waals surface area contributed by atoms with Gasteiger partial charge in [0.05, 0.1) is 6.61 Å². The Kier molecular flexibility index (Phi) is 3.69. The maximum absolute atomic E-state index is 5.15. The van der Waals surface area contributed by atoms with E-state index in [4.69, 9.17) is 4.74 Å². The minimum atomic E-state index is 0.364. The van der Waals surface area contributed by atoms with Gasteiger partial charge in [0.15, 0.2) is 0 Å². The van der Waals surface area contributed by atoms with Crippen molar-refractivity contribution >= 4 is 5.95 Å². The first kappa shape index (κ1) is 11.3. The molecule has 1 aromatic heterocycles. The van der Waals surface area contributed by atoms with Crippen LogP contribution in [0.5, 0.6) is 0 Å². The lowest BCUT2D eigenvalue weighted by molar-refractivity contribution is 0.163. The standard InChI is InChI=1S/C11H18N4O/c1-9-5-13-11(14-6-9)15-4-3-12-10(7-15)8-16-2/h5-6,10,12H,3-4,7-8H2,1-2H3. The molecule has 0 spiro atoms. The summed E-state index contributed by atoms with van der Waals surface area (Å²) < 4.78 is 5.15. The Bertz CT molecular complexity index is 325. The van der Waals surface area contributed by atoms with E-state index in [2.05, 4.69) is 20.2 Å². The third kappa shape index (κ3) is 2.68. The molecule has 1 aromatic rings. The third-order valence-corrected chi connectivity index (χ3v) is 2.67. The molecule has 2 rings (SSSR count). The number of hydrogen-bond donors (Lipinski definition) is 1. The number of aryl methyl sites for hydroxylation is 1. The summed E-state index contributed by atoms with van der Waals surface area (Å²) in [6.45, 7) is 5.52. The number of nitrogens with zero attached hydrogens (tertiary/aromatic N) is 3. The van der Waals surface area contributed by atoms with Crippen molar-refractivity contribution in [1.29, 1.82) is 0 Å². The second kappa shape index (κ2) is 5.23. The van der Waals surface area contributed by atoms with Gasteiger partial charge < -0.3 is 15.0 Å². The lowest BCUT2D eigenvalue weighted by Crippen LogP contribution is -2.53. The highest BCUT2D eigenvalue weighted by Crippen LogP contribution is 2.09. The van der Waals surface area contributed by atoms with Crippen LogP contribution in [-0.4, -0.2) is 49.4 Å². The topological polar surface area (TPSA) is 50.3 Å². The van der Waals surface area contributed by atoms with Crippen LogP contribution in [0, 0.1) is 6.92 Å². The maximum Gasteiger partial charge on any atom is 0.225 e. The molecule has 88 valence electrons. The van der Waals surface area contributed by atoms with Gasteiger partial charge in [-0.3, -0.25) is 0 Å². The summed E-state index contributed by atoms with van der Waals surface area (Å²) in [4.78, 5) is 10.9. The van der Waals surface area contributed by atoms with E-state index in [0.717, 1.165) is 37.8 Å². The fourth-order valence-electron chi connectivity index (χ4n) is 1.87. The number of ether oxygens (including phenoxy) is 1. The predicted octanol–water partition coefficient (Wildman–Crippen LogP) is 0.210. The van der Waals surface area contributed by atoms with Gasteiger partial charge in [-0.1, -0.05) is 0 Å². The molecule has 1 fully saturated rings. The largest absolute Gasteiger partial charge is 0.383 e. The highest BCUT2D eigenvalue weighted by atomic mass is 16.5. The summed E-state index contributed by atoms with van der Waals surface area (Å²) in [5.74, 6) is 0.813. The zero-order chi connectivity index (χ0) is 11.4. The van der Waals surface area contributed by atoms with Gasteiger partial charge >= 0.3 is 0 Å². The Morgan fingerprint density at radius 2 is 2.25 bits per heavy atom. The second-order valence-electron chi connectivity index (χ2n) is 4.11. The quantitative estimate of drug-likeness (QED) is 0.792. The molecule has 0 aromatic carbocycles. The van der Waals surface area contributed by atoms with E-state index < -0.39 is 0 Å².